The molecule has 1 aliphatic rings. The summed E-state index contributed by atoms with van der Waals surface area (Å²) in [6.07, 6.45) is -5.97. The molecule has 0 fully saturated rings. The predicted molar refractivity (Wildman–Crippen MR) is 105 cm³/mol. The van der Waals surface area contributed by atoms with E-state index in [4.69, 9.17) is 14.2 Å². The quantitative estimate of drug-likeness (QED) is 0.648. The van der Waals surface area contributed by atoms with Gasteiger partial charge in [0.2, 0.25) is 0 Å². The van der Waals surface area contributed by atoms with Crippen LogP contribution in [0.3, 0.4) is 0 Å². The zero-order valence-corrected chi connectivity index (χ0v) is 17.2. The average molecular weight is 454 g/mol. The molecule has 2 N–H and O–H groups in total. The molecule has 0 saturated heterocycles. The lowest BCUT2D eigenvalue weighted by Gasteiger charge is -2.45. The first kappa shape index (κ1) is 23.5. The molecular formula is C20H21F3N4O5. The van der Waals surface area contributed by atoms with Crippen molar-refractivity contribution in [3.05, 3.63) is 51.8 Å². The summed E-state index contributed by atoms with van der Waals surface area (Å²) in [4.78, 5) is 11.8. The smallest absolute Gasteiger partial charge is 0.408 e. The maximum absolute atomic E-state index is 12.8. The highest BCUT2D eigenvalue weighted by Gasteiger charge is 2.50. The molecule has 0 bridgehead atoms. The fraction of sp³-hybridized carbons (Fsp3) is 0.450. The molecule has 0 unspecified atom stereocenters. The number of ether oxygens (including phenoxy) is 3. The number of halogens is 3. The summed E-state index contributed by atoms with van der Waals surface area (Å²) in [6, 6.07) is 7.74. The van der Waals surface area contributed by atoms with E-state index in [1.165, 1.54) is 32.4 Å². The molecule has 2 aromatic rings. The number of nitrogens with one attached hydrogen (secondary N) is 1. The van der Waals surface area contributed by atoms with E-state index < -0.39 is 36.0 Å². The van der Waals surface area contributed by atoms with Crippen molar-refractivity contribution in [2.75, 3.05) is 32.8 Å². The Balaban J connectivity index is 2.06. The maximum Gasteiger partial charge on any atom is 0.408 e. The molecule has 2 heterocycles. The summed E-state index contributed by atoms with van der Waals surface area (Å²) in [6.45, 7) is -1.70. The molecule has 1 aromatic heterocycles. The van der Waals surface area contributed by atoms with E-state index in [0.717, 1.165) is 6.07 Å². The molecule has 2 atom stereocenters. The van der Waals surface area contributed by atoms with E-state index in [9.17, 15) is 28.3 Å². The molecule has 172 valence electrons. The van der Waals surface area contributed by atoms with Crippen molar-refractivity contribution >= 4 is 5.82 Å². The first-order valence-corrected chi connectivity index (χ1v) is 9.43. The monoisotopic (exact) mass is 454 g/mol. The van der Waals surface area contributed by atoms with Crippen molar-refractivity contribution in [1.82, 2.24) is 9.78 Å². The number of hydrogen-bond donors (Lipinski definition) is 2. The third kappa shape index (κ3) is 4.85. The lowest BCUT2D eigenvalue weighted by atomic mass is 9.84. The predicted octanol–water partition coefficient (Wildman–Crippen LogP) is 1.62. The first-order valence-electron chi connectivity index (χ1n) is 9.43. The number of nitriles is 1. The number of methoxy groups -OCH3 is 2. The fourth-order valence-corrected chi connectivity index (χ4v) is 3.59. The zero-order valence-electron chi connectivity index (χ0n) is 17.2. The first-order chi connectivity index (χ1) is 15.1. The lowest BCUT2D eigenvalue weighted by Crippen LogP contribution is -2.60. The van der Waals surface area contributed by atoms with Crippen LogP contribution in [0.25, 0.3) is 0 Å². The van der Waals surface area contributed by atoms with Crippen LogP contribution >= 0.6 is 0 Å². The summed E-state index contributed by atoms with van der Waals surface area (Å²) < 4.78 is 55.1. The van der Waals surface area contributed by atoms with Crippen LogP contribution < -0.4 is 15.6 Å². The van der Waals surface area contributed by atoms with Gasteiger partial charge in [0.25, 0.3) is 5.56 Å². The van der Waals surface area contributed by atoms with Gasteiger partial charge in [-0.3, -0.25) is 4.79 Å². The van der Waals surface area contributed by atoms with Crippen molar-refractivity contribution in [3.8, 4) is 11.8 Å². The van der Waals surface area contributed by atoms with Crippen LogP contribution in [0.4, 0.5) is 19.0 Å². The normalized spacial score (nSPS) is 19.5. The minimum Gasteiger partial charge on any atom is -0.479 e. The summed E-state index contributed by atoms with van der Waals surface area (Å²) >= 11 is 0. The molecule has 0 saturated carbocycles. The van der Waals surface area contributed by atoms with Gasteiger partial charge in [-0.05, 0) is 24.3 Å². The fourth-order valence-electron chi connectivity index (χ4n) is 3.59. The van der Waals surface area contributed by atoms with Gasteiger partial charge < -0.3 is 24.6 Å². The largest absolute Gasteiger partial charge is 0.479 e. The van der Waals surface area contributed by atoms with Crippen molar-refractivity contribution in [2.24, 2.45) is 0 Å². The molecular weight excluding hydrogens is 433 g/mol. The number of benzene rings is 1. The van der Waals surface area contributed by atoms with E-state index in [0.29, 0.717) is 11.3 Å². The van der Waals surface area contributed by atoms with Gasteiger partial charge in [-0.15, -0.1) is 0 Å². The number of aliphatic hydroxyl groups excluding tert-OH is 1. The van der Waals surface area contributed by atoms with E-state index in [1.807, 2.05) is 6.07 Å². The highest BCUT2D eigenvalue weighted by molar-refractivity contribution is 5.50. The van der Waals surface area contributed by atoms with Crippen molar-refractivity contribution in [2.45, 2.75) is 30.5 Å². The summed E-state index contributed by atoms with van der Waals surface area (Å²) in [5.74, 6) is 0.237. The Hall–Kier alpha value is -3.14. The molecule has 0 aliphatic carbocycles. The SMILES string of the molecule is COCC1(COC)Oc2ccc(C#N)cc2[C@@H](Nc2ccc(=O)n(CC(F)(F)F)n2)[C@@H]1O. The highest BCUT2D eigenvalue weighted by atomic mass is 19.4. The number of nitrogens with zero attached hydrogens (tertiary/aromatic N) is 3. The van der Waals surface area contributed by atoms with Crippen LogP contribution in [-0.2, 0) is 16.0 Å². The van der Waals surface area contributed by atoms with E-state index in [2.05, 4.69) is 10.4 Å². The van der Waals surface area contributed by atoms with Gasteiger partial charge in [0.1, 0.15) is 24.2 Å². The van der Waals surface area contributed by atoms with Gasteiger partial charge in [0.05, 0.1) is 30.9 Å². The van der Waals surface area contributed by atoms with Crippen molar-refractivity contribution in [1.29, 1.82) is 5.26 Å². The van der Waals surface area contributed by atoms with E-state index >= 15 is 0 Å². The van der Waals surface area contributed by atoms with Crippen molar-refractivity contribution in [3.63, 3.8) is 0 Å². The Morgan fingerprint density at radius 2 is 1.97 bits per heavy atom. The number of fused-ring (bicyclic) bond motifs is 1. The van der Waals surface area contributed by atoms with Gasteiger partial charge in [-0.2, -0.15) is 23.5 Å². The van der Waals surface area contributed by atoms with Crippen LogP contribution in [0.15, 0.2) is 35.1 Å². The van der Waals surface area contributed by atoms with Gasteiger partial charge in [-0.1, -0.05) is 0 Å². The van der Waals surface area contributed by atoms with Gasteiger partial charge in [-0.25, -0.2) is 4.68 Å². The topological polar surface area (TPSA) is 119 Å². The number of anilines is 1. The second-order valence-corrected chi connectivity index (χ2v) is 7.29. The van der Waals surface area contributed by atoms with Crippen LogP contribution in [0.1, 0.15) is 17.2 Å². The van der Waals surface area contributed by atoms with Gasteiger partial charge in [0, 0.05) is 25.8 Å². The second kappa shape index (κ2) is 9.15. The third-order valence-corrected chi connectivity index (χ3v) is 4.92. The number of rotatable bonds is 7. The molecule has 32 heavy (non-hydrogen) atoms. The molecule has 0 spiro atoms. The second-order valence-electron chi connectivity index (χ2n) is 7.29. The summed E-state index contributed by atoms with van der Waals surface area (Å²) in [7, 11) is 2.83. The van der Waals surface area contributed by atoms with Gasteiger partial charge in [0.15, 0.2) is 5.60 Å². The summed E-state index contributed by atoms with van der Waals surface area (Å²) in [5, 5.41) is 27.1. The molecule has 3 rings (SSSR count). The molecule has 0 amide bonds. The Kier molecular flexibility index (Phi) is 6.73. The average Bonchev–Trinajstić information content (AvgIpc) is 2.73. The molecule has 9 nitrogen and oxygen atoms in total. The Bertz CT molecular complexity index is 1060. The number of hydrogen-bond acceptors (Lipinski definition) is 8. The van der Waals surface area contributed by atoms with E-state index in [-0.39, 0.29) is 29.3 Å². The van der Waals surface area contributed by atoms with Crippen LogP contribution in [0.5, 0.6) is 5.75 Å². The minimum absolute atomic E-state index is 0.0688. The Morgan fingerprint density at radius 1 is 1.28 bits per heavy atom. The zero-order chi connectivity index (χ0) is 23.5. The Morgan fingerprint density at radius 3 is 2.56 bits per heavy atom. The Labute approximate surface area is 180 Å². The number of alkyl halides is 3. The van der Waals surface area contributed by atoms with Crippen LogP contribution in [0.2, 0.25) is 0 Å². The molecule has 1 aliphatic heterocycles. The van der Waals surface area contributed by atoms with Crippen LogP contribution in [0, 0.1) is 11.3 Å². The number of aliphatic hydroxyl groups is 1. The van der Waals surface area contributed by atoms with E-state index in [1.54, 1.807) is 6.07 Å². The highest BCUT2D eigenvalue weighted by Crippen LogP contribution is 2.42. The standard InChI is InChI=1S/C20H21F3N4O5/c1-30-10-19(11-31-2)18(29)17(13-7-12(8-24)3-4-14(13)32-19)25-15-5-6-16(28)27(26-15)9-20(21,22)23/h3-7,17-18,29H,9-11H2,1-2H3,(H,25,26)/t17-,18+/m1/s1. The minimum atomic E-state index is -4.64. The number of aromatic nitrogens is 2. The molecule has 0 radical (unpaired) electrons. The lowest BCUT2D eigenvalue weighted by molar-refractivity contribution is -0.143. The van der Waals surface area contributed by atoms with Crippen molar-refractivity contribution < 1.29 is 32.5 Å². The molecule has 12 heteroatoms. The van der Waals surface area contributed by atoms with Crippen LogP contribution in [-0.4, -0.2) is 60.2 Å². The maximum atomic E-state index is 12.8. The third-order valence-electron chi connectivity index (χ3n) is 4.92. The van der Waals surface area contributed by atoms with Gasteiger partial charge >= 0.3 is 6.18 Å². The molecule has 1 aromatic carbocycles. The summed E-state index contributed by atoms with van der Waals surface area (Å²) in [5.41, 5.74) is -1.62.